The molecule has 0 saturated heterocycles. The van der Waals surface area contributed by atoms with Crippen molar-refractivity contribution in [3.8, 4) is 0 Å². The third-order valence-electron chi connectivity index (χ3n) is 1.43. The van der Waals surface area contributed by atoms with Crippen molar-refractivity contribution in [2.24, 2.45) is 5.11 Å². The van der Waals surface area contributed by atoms with E-state index in [9.17, 15) is 4.79 Å². The van der Waals surface area contributed by atoms with Gasteiger partial charge in [0.25, 0.3) is 5.91 Å². The van der Waals surface area contributed by atoms with Gasteiger partial charge in [-0.2, -0.15) is 0 Å². The predicted octanol–water partition coefficient (Wildman–Crippen LogP) is 0.316. The van der Waals surface area contributed by atoms with E-state index in [1.54, 1.807) is 0 Å². The minimum absolute atomic E-state index is 0.310. The molecule has 1 amide bonds. The van der Waals surface area contributed by atoms with Gasteiger partial charge in [0.1, 0.15) is 0 Å². The van der Waals surface area contributed by atoms with Crippen molar-refractivity contribution in [3.63, 3.8) is 0 Å². The summed E-state index contributed by atoms with van der Waals surface area (Å²) in [7, 11) is 0. The maximum absolute atomic E-state index is 10.5. The van der Waals surface area contributed by atoms with Crippen molar-refractivity contribution >= 4 is 5.91 Å². The smallest absolute Gasteiger partial charge is 0.264 e. The standard InChI is InChI=1S/C6H10N4O/c7-10-6(11)2-1-5-3-8-4-9-5/h3,7-9H,1-2,4H2. The summed E-state index contributed by atoms with van der Waals surface area (Å²) in [5.74, 6) is -0.375. The van der Waals surface area contributed by atoms with Crippen LogP contribution in [0, 0.1) is 5.53 Å². The molecule has 1 heterocycles. The zero-order chi connectivity index (χ0) is 8.10. The number of allylic oxidation sites excluding steroid dienone is 1. The maximum Gasteiger partial charge on any atom is 0.264 e. The number of carbonyl (C=O) groups excluding carboxylic acids is 1. The van der Waals surface area contributed by atoms with Gasteiger partial charge in [-0.15, -0.1) is 5.11 Å². The van der Waals surface area contributed by atoms with E-state index in [0.29, 0.717) is 12.8 Å². The summed E-state index contributed by atoms with van der Waals surface area (Å²) in [6.07, 6.45) is 2.77. The summed E-state index contributed by atoms with van der Waals surface area (Å²) in [5, 5.41) is 8.77. The van der Waals surface area contributed by atoms with Crippen LogP contribution in [0.25, 0.3) is 0 Å². The van der Waals surface area contributed by atoms with E-state index < -0.39 is 0 Å². The monoisotopic (exact) mass is 154 g/mol. The molecule has 0 saturated carbocycles. The Bertz CT molecular complexity index is 199. The van der Waals surface area contributed by atoms with Gasteiger partial charge in [-0.3, -0.25) is 4.79 Å². The van der Waals surface area contributed by atoms with E-state index in [1.165, 1.54) is 0 Å². The van der Waals surface area contributed by atoms with Crippen LogP contribution in [-0.2, 0) is 4.79 Å². The van der Waals surface area contributed by atoms with Crippen LogP contribution < -0.4 is 10.6 Å². The van der Waals surface area contributed by atoms with Gasteiger partial charge in [-0.1, -0.05) is 0 Å². The molecule has 5 nitrogen and oxygen atoms in total. The first-order chi connectivity index (χ1) is 5.33. The van der Waals surface area contributed by atoms with Crippen LogP contribution in [0.1, 0.15) is 12.8 Å². The lowest BCUT2D eigenvalue weighted by Crippen LogP contribution is -2.14. The molecule has 0 atom stereocenters. The fraction of sp³-hybridized carbons (Fsp3) is 0.500. The number of amides is 1. The third kappa shape index (κ3) is 2.37. The summed E-state index contributed by atoms with van der Waals surface area (Å²) in [6.45, 7) is 0.724. The lowest BCUT2D eigenvalue weighted by molar-refractivity contribution is -0.118. The molecule has 1 aliphatic rings. The van der Waals surface area contributed by atoms with Gasteiger partial charge >= 0.3 is 0 Å². The molecule has 1 rings (SSSR count). The van der Waals surface area contributed by atoms with Crippen molar-refractivity contribution in [2.75, 3.05) is 6.67 Å². The van der Waals surface area contributed by atoms with Crippen LogP contribution in [0.4, 0.5) is 0 Å². The van der Waals surface area contributed by atoms with Gasteiger partial charge in [0.15, 0.2) is 0 Å². The number of nitrogens with one attached hydrogen (secondary N) is 3. The van der Waals surface area contributed by atoms with Crippen LogP contribution in [-0.4, -0.2) is 12.6 Å². The molecule has 0 fully saturated rings. The highest BCUT2D eigenvalue weighted by Crippen LogP contribution is 2.03. The zero-order valence-electron chi connectivity index (χ0n) is 6.05. The molecule has 5 heteroatoms. The fourth-order valence-corrected chi connectivity index (χ4v) is 0.848. The van der Waals surface area contributed by atoms with Crippen LogP contribution >= 0.6 is 0 Å². The molecule has 0 aromatic rings. The van der Waals surface area contributed by atoms with Gasteiger partial charge < -0.3 is 10.6 Å². The summed E-state index contributed by atoms with van der Waals surface area (Å²) < 4.78 is 0. The minimum atomic E-state index is -0.375. The molecule has 1 aliphatic heterocycles. The molecule has 0 aromatic carbocycles. The van der Waals surface area contributed by atoms with Crippen LogP contribution in [0.5, 0.6) is 0 Å². The molecular weight excluding hydrogens is 144 g/mol. The number of hydrogen-bond acceptors (Lipinski definition) is 4. The number of rotatable bonds is 3. The number of hydrogen-bond donors (Lipinski definition) is 3. The van der Waals surface area contributed by atoms with E-state index in [-0.39, 0.29) is 5.91 Å². The van der Waals surface area contributed by atoms with E-state index >= 15 is 0 Å². The molecule has 0 radical (unpaired) electrons. The largest absolute Gasteiger partial charge is 0.372 e. The molecule has 0 unspecified atom stereocenters. The number of nitrogens with zero attached hydrogens (tertiary/aromatic N) is 1. The molecule has 0 spiro atoms. The van der Waals surface area contributed by atoms with E-state index in [1.807, 2.05) is 6.20 Å². The van der Waals surface area contributed by atoms with E-state index in [2.05, 4.69) is 15.7 Å². The van der Waals surface area contributed by atoms with Crippen LogP contribution in [0.3, 0.4) is 0 Å². The normalized spacial score (nSPS) is 14.7. The van der Waals surface area contributed by atoms with Crippen molar-refractivity contribution < 1.29 is 4.79 Å². The van der Waals surface area contributed by atoms with Gasteiger partial charge in [0, 0.05) is 18.3 Å². The molecule has 0 aromatic heterocycles. The predicted molar refractivity (Wildman–Crippen MR) is 38.6 cm³/mol. The first kappa shape index (κ1) is 7.71. The van der Waals surface area contributed by atoms with E-state index in [4.69, 9.17) is 5.53 Å². The van der Waals surface area contributed by atoms with Crippen molar-refractivity contribution in [3.05, 3.63) is 11.9 Å². The summed E-state index contributed by atoms with van der Waals surface area (Å²) in [4.78, 5) is 10.5. The second kappa shape index (κ2) is 3.70. The van der Waals surface area contributed by atoms with Crippen molar-refractivity contribution in [2.45, 2.75) is 12.8 Å². The Balaban J connectivity index is 2.21. The Morgan fingerprint density at radius 3 is 3.18 bits per heavy atom. The molecule has 0 bridgehead atoms. The number of carbonyl (C=O) groups is 1. The maximum atomic E-state index is 10.5. The first-order valence-corrected chi connectivity index (χ1v) is 3.39. The average Bonchev–Trinajstić information content (AvgIpc) is 2.52. The Labute approximate surface area is 64.4 Å². The second-order valence-electron chi connectivity index (χ2n) is 2.23. The van der Waals surface area contributed by atoms with E-state index in [0.717, 1.165) is 12.4 Å². The van der Waals surface area contributed by atoms with Crippen LogP contribution in [0.15, 0.2) is 17.0 Å². The molecule has 11 heavy (non-hydrogen) atoms. The average molecular weight is 154 g/mol. The molecule has 3 N–H and O–H groups in total. The summed E-state index contributed by atoms with van der Waals surface area (Å²) in [6, 6.07) is 0. The van der Waals surface area contributed by atoms with Crippen molar-refractivity contribution in [1.29, 1.82) is 5.53 Å². The Morgan fingerprint density at radius 2 is 2.64 bits per heavy atom. The Kier molecular flexibility index (Phi) is 2.59. The second-order valence-corrected chi connectivity index (χ2v) is 2.23. The molecule has 0 aliphatic carbocycles. The summed E-state index contributed by atoms with van der Waals surface area (Å²) in [5.41, 5.74) is 7.40. The van der Waals surface area contributed by atoms with Crippen molar-refractivity contribution in [1.82, 2.24) is 10.6 Å². The fourth-order valence-electron chi connectivity index (χ4n) is 0.848. The quantitative estimate of drug-likeness (QED) is 0.512. The van der Waals surface area contributed by atoms with Gasteiger partial charge in [-0.05, 0) is 6.42 Å². The Morgan fingerprint density at radius 1 is 1.82 bits per heavy atom. The Hall–Kier alpha value is -1.39. The highest BCUT2D eigenvalue weighted by molar-refractivity contribution is 5.76. The molecule has 60 valence electrons. The molecular formula is C6H10N4O. The lowest BCUT2D eigenvalue weighted by atomic mass is 10.2. The highest BCUT2D eigenvalue weighted by Gasteiger charge is 2.04. The van der Waals surface area contributed by atoms with Gasteiger partial charge in [0.05, 0.1) is 6.67 Å². The lowest BCUT2D eigenvalue weighted by Gasteiger charge is -1.98. The minimum Gasteiger partial charge on any atom is -0.372 e. The zero-order valence-corrected chi connectivity index (χ0v) is 6.05. The summed E-state index contributed by atoms with van der Waals surface area (Å²) >= 11 is 0. The van der Waals surface area contributed by atoms with Gasteiger partial charge in [-0.25, -0.2) is 5.53 Å². The van der Waals surface area contributed by atoms with Gasteiger partial charge in [0.2, 0.25) is 0 Å². The van der Waals surface area contributed by atoms with Crippen LogP contribution in [0.2, 0.25) is 0 Å². The topological polar surface area (TPSA) is 77.3 Å². The first-order valence-electron chi connectivity index (χ1n) is 3.39. The SMILES string of the molecule is N=NC(=O)CCC1=CNCN1. The third-order valence-corrected chi connectivity index (χ3v) is 1.43. The highest BCUT2D eigenvalue weighted by atomic mass is 16.1.